The third-order valence-electron chi connectivity index (χ3n) is 3.37. The Morgan fingerprint density at radius 1 is 1.24 bits per heavy atom. The van der Waals surface area contributed by atoms with E-state index in [-0.39, 0.29) is 11.6 Å². The molecule has 0 fully saturated rings. The van der Waals surface area contributed by atoms with Crippen LogP contribution in [0.15, 0.2) is 41.8 Å². The number of hydrogen-bond acceptors (Lipinski definition) is 6. The first kappa shape index (κ1) is 18.8. The van der Waals surface area contributed by atoms with E-state index in [9.17, 15) is 9.59 Å². The van der Waals surface area contributed by atoms with E-state index >= 15 is 0 Å². The normalized spacial score (nSPS) is 10.8. The lowest BCUT2D eigenvalue weighted by molar-refractivity contribution is -0.127. The van der Waals surface area contributed by atoms with Crippen LogP contribution in [0.4, 0.5) is 0 Å². The number of benzene rings is 1. The van der Waals surface area contributed by atoms with E-state index in [0.717, 1.165) is 5.56 Å². The molecule has 1 aromatic heterocycles. The lowest BCUT2D eigenvalue weighted by Gasteiger charge is -2.19. The maximum absolute atomic E-state index is 12.5. The van der Waals surface area contributed by atoms with E-state index in [1.54, 1.807) is 23.5 Å². The highest BCUT2D eigenvalue weighted by atomic mass is 32.1. The fourth-order valence-electron chi connectivity index (χ4n) is 2.05. The van der Waals surface area contributed by atoms with Gasteiger partial charge in [-0.2, -0.15) is 0 Å². The summed E-state index contributed by atoms with van der Waals surface area (Å²) in [5.41, 5.74) is 1.20. The monoisotopic (exact) mass is 360 g/mol. The number of amides is 1. The minimum absolute atomic E-state index is 0.143. The molecular weight excluding hydrogens is 340 g/mol. The van der Waals surface area contributed by atoms with Crippen molar-refractivity contribution in [2.24, 2.45) is 0 Å². The van der Waals surface area contributed by atoms with Gasteiger partial charge in [-0.25, -0.2) is 9.78 Å². The van der Waals surface area contributed by atoms with Gasteiger partial charge in [-0.05, 0) is 11.6 Å². The fourth-order valence-corrected chi connectivity index (χ4v) is 2.83. The van der Waals surface area contributed by atoms with Crippen molar-refractivity contribution in [2.75, 3.05) is 27.4 Å². The van der Waals surface area contributed by atoms with Gasteiger partial charge in [0.25, 0.3) is 0 Å². The van der Waals surface area contributed by atoms with Crippen LogP contribution in [0.2, 0.25) is 0 Å². The summed E-state index contributed by atoms with van der Waals surface area (Å²) in [5, 5.41) is 2.29. The molecule has 1 aromatic carbocycles. The van der Waals surface area contributed by atoms with Gasteiger partial charge in [-0.15, -0.1) is 11.3 Å². The van der Waals surface area contributed by atoms with E-state index in [4.69, 9.17) is 4.74 Å². The highest BCUT2D eigenvalue weighted by molar-refractivity contribution is 7.09. The van der Waals surface area contributed by atoms with Gasteiger partial charge in [-0.3, -0.25) is 4.79 Å². The smallest absolute Gasteiger partial charge is 0.357 e. The van der Waals surface area contributed by atoms with Crippen molar-refractivity contribution >= 4 is 29.3 Å². The summed E-state index contributed by atoms with van der Waals surface area (Å²) < 4.78 is 9.72. The van der Waals surface area contributed by atoms with Crippen LogP contribution in [0.25, 0.3) is 6.08 Å². The van der Waals surface area contributed by atoms with Gasteiger partial charge in [0.1, 0.15) is 5.01 Å². The van der Waals surface area contributed by atoms with Crippen molar-refractivity contribution in [3.8, 4) is 0 Å². The average molecular weight is 360 g/mol. The molecule has 1 heterocycles. The Labute approximate surface area is 150 Å². The topological polar surface area (TPSA) is 68.7 Å². The predicted octanol–water partition coefficient (Wildman–Crippen LogP) is 2.62. The number of esters is 1. The molecule has 0 unspecified atom stereocenters. The molecule has 7 heteroatoms. The highest BCUT2D eigenvalue weighted by Gasteiger charge is 2.16. The molecule has 0 aliphatic heterocycles. The number of methoxy groups -OCH3 is 2. The maximum atomic E-state index is 12.5. The SMILES string of the molecule is COCCN(Cc1nc(C(=O)OC)cs1)C(=O)C=Cc1ccccc1. The van der Waals surface area contributed by atoms with Crippen LogP contribution in [0.5, 0.6) is 0 Å². The molecule has 0 N–H and O–H groups in total. The Hall–Kier alpha value is -2.51. The minimum atomic E-state index is -0.485. The van der Waals surface area contributed by atoms with Gasteiger partial charge in [0.2, 0.25) is 5.91 Å². The summed E-state index contributed by atoms with van der Waals surface area (Å²) in [4.78, 5) is 29.8. The Balaban J connectivity index is 2.07. The van der Waals surface area contributed by atoms with Crippen LogP contribution >= 0.6 is 11.3 Å². The second-order valence-electron chi connectivity index (χ2n) is 5.11. The Bertz CT molecular complexity index is 728. The number of carbonyl (C=O) groups is 2. The van der Waals surface area contributed by atoms with Crippen molar-refractivity contribution in [3.05, 3.63) is 58.1 Å². The predicted molar refractivity (Wildman–Crippen MR) is 96.2 cm³/mol. The molecule has 132 valence electrons. The van der Waals surface area contributed by atoms with E-state index < -0.39 is 5.97 Å². The highest BCUT2D eigenvalue weighted by Crippen LogP contribution is 2.14. The first-order valence-electron chi connectivity index (χ1n) is 7.67. The van der Waals surface area contributed by atoms with E-state index in [0.29, 0.717) is 24.7 Å². The summed E-state index contributed by atoms with van der Waals surface area (Å²) in [7, 11) is 2.89. The van der Waals surface area contributed by atoms with Gasteiger partial charge in [0.05, 0.1) is 20.3 Å². The molecule has 6 nitrogen and oxygen atoms in total. The van der Waals surface area contributed by atoms with Crippen molar-refractivity contribution < 1.29 is 19.1 Å². The Morgan fingerprint density at radius 2 is 2.00 bits per heavy atom. The van der Waals surface area contributed by atoms with Crippen LogP contribution in [0.1, 0.15) is 21.1 Å². The number of nitrogens with zero attached hydrogens (tertiary/aromatic N) is 2. The first-order chi connectivity index (χ1) is 12.1. The maximum Gasteiger partial charge on any atom is 0.357 e. The van der Waals surface area contributed by atoms with Crippen molar-refractivity contribution in [1.29, 1.82) is 0 Å². The second kappa shape index (κ2) is 9.71. The molecule has 0 bridgehead atoms. The molecule has 2 aromatic rings. The van der Waals surface area contributed by atoms with Crippen LogP contribution in [0.3, 0.4) is 0 Å². The Morgan fingerprint density at radius 3 is 2.68 bits per heavy atom. The number of hydrogen-bond donors (Lipinski definition) is 0. The van der Waals surface area contributed by atoms with Crippen LogP contribution in [-0.4, -0.2) is 49.1 Å². The van der Waals surface area contributed by atoms with E-state index in [1.165, 1.54) is 24.5 Å². The first-order valence-corrected chi connectivity index (χ1v) is 8.55. The molecule has 0 radical (unpaired) electrons. The summed E-state index contributed by atoms with van der Waals surface area (Å²) in [6.07, 6.45) is 3.30. The lowest BCUT2D eigenvalue weighted by atomic mass is 10.2. The third kappa shape index (κ3) is 5.81. The Kier molecular flexibility index (Phi) is 7.31. The second-order valence-corrected chi connectivity index (χ2v) is 6.06. The number of ether oxygens (including phenoxy) is 2. The molecule has 0 saturated heterocycles. The molecule has 0 saturated carbocycles. The zero-order valence-electron chi connectivity index (χ0n) is 14.2. The van der Waals surface area contributed by atoms with Gasteiger partial charge in [0, 0.05) is 25.1 Å². The standard InChI is InChI=1S/C18H20N2O4S/c1-23-11-10-20(12-16-19-15(13-25-16)18(22)24-2)17(21)9-8-14-6-4-3-5-7-14/h3-9,13H,10-12H2,1-2H3. The van der Waals surface area contributed by atoms with Crippen molar-refractivity contribution in [1.82, 2.24) is 9.88 Å². The average Bonchev–Trinajstić information content (AvgIpc) is 3.12. The molecule has 0 aliphatic carbocycles. The summed E-state index contributed by atoms with van der Waals surface area (Å²) >= 11 is 1.32. The van der Waals surface area contributed by atoms with Crippen LogP contribution in [0, 0.1) is 0 Å². The third-order valence-corrected chi connectivity index (χ3v) is 4.20. The van der Waals surface area contributed by atoms with Gasteiger partial charge in [-0.1, -0.05) is 30.3 Å². The summed E-state index contributed by atoms with van der Waals surface area (Å²) in [5.74, 6) is -0.628. The number of aromatic nitrogens is 1. The largest absolute Gasteiger partial charge is 0.464 e. The molecule has 25 heavy (non-hydrogen) atoms. The van der Waals surface area contributed by atoms with Crippen molar-refractivity contribution in [2.45, 2.75) is 6.54 Å². The fraction of sp³-hybridized carbons (Fsp3) is 0.278. The number of rotatable bonds is 8. The van der Waals surface area contributed by atoms with E-state index in [2.05, 4.69) is 9.72 Å². The molecule has 0 aliphatic rings. The molecular formula is C18H20N2O4S. The zero-order chi connectivity index (χ0) is 18.1. The number of thiazole rings is 1. The van der Waals surface area contributed by atoms with E-state index in [1.807, 2.05) is 30.3 Å². The van der Waals surface area contributed by atoms with Gasteiger partial charge >= 0.3 is 5.97 Å². The van der Waals surface area contributed by atoms with Crippen LogP contribution < -0.4 is 0 Å². The zero-order valence-corrected chi connectivity index (χ0v) is 15.0. The molecule has 0 atom stereocenters. The van der Waals surface area contributed by atoms with Crippen molar-refractivity contribution in [3.63, 3.8) is 0 Å². The number of carbonyl (C=O) groups excluding carboxylic acids is 2. The summed E-state index contributed by atoms with van der Waals surface area (Å²) in [6, 6.07) is 9.60. The lowest BCUT2D eigenvalue weighted by Crippen LogP contribution is -2.32. The minimum Gasteiger partial charge on any atom is -0.464 e. The van der Waals surface area contributed by atoms with Gasteiger partial charge < -0.3 is 14.4 Å². The molecule has 1 amide bonds. The van der Waals surface area contributed by atoms with Crippen LogP contribution in [-0.2, 0) is 20.8 Å². The molecule has 2 rings (SSSR count). The van der Waals surface area contributed by atoms with Gasteiger partial charge in [0.15, 0.2) is 5.69 Å². The molecule has 0 spiro atoms. The summed E-state index contributed by atoms with van der Waals surface area (Å²) in [6.45, 7) is 1.16. The quantitative estimate of drug-likeness (QED) is 0.535.